The summed E-state index contributed by atoms with van der Waals surface area (Å²) >= 11 is 0. The molecule has 1 aliphatic rings. The summed E-state index contributed by atoms with van der Waals surface area (Å²) in [5, 5.41) is 3.16. The van der Waals surface area contributed by atoms with Gasteiger partial charge in [0, 0.05) is 25.9 Å². The van der Waals surface area contributed by atoms with Crippen molar-refractivity contribution in [2.75, 3.05) is 13.7 Å². The van der Waals surface area contributed by atoms with Crippen LogP contribution in [-0.4, -0.2) is 29.3 Å². The molecule has 1 atom stereocenters. The highest BCUT2D eigenvalue weighted by molar-refractivity contribution is 4.97. The van der Waals surface area contributed by atoms with Gasteiger partial charge in [-0.25, -0.2) is 4.98 Å². The van der Waals surface area contributed by atoms with Crippen molar-refractivity contribution in [3.63, 3.8) is 0 Å². The Labute approximate surface area is 97.0 Å². The van der Waals surface area contributed by atoms with E-state index in [1.165, 1.54) is 25.0 Å². The number of imidazole rings is 1. The van der Waals surface area contributed by atoms with E-state index in [9.17, 15) is 0 Å². The van der Waals surface area contributed by atoms with Crippen LogP contribution in [0.5, 0.6) is 0 Å². The van der Waals surface area contributed by atoms with Crippen LogP contribution in [0.4, 0.5) is 0 Å². The summed E-state index contributed by atoms with van der Waals surface area (Å²) in [5.74, 6) is 0. The summed E-state index contributed by atoms with van der Waals surface area (Å²) < 4.78 is 7.94. The minimum atomic E-state index is 0.457. The fourth-order valence-electron chi connectivity index (χ4n) is 2.20. The molecular weight excluding hydrogens is 202 g/mol. The third-order valence-corrected chi connectivity index (χ3v) is 3.12. The molecular formula is C12H21N3O. The lowest BCUT2D eigenvalue weighted by Crippen LogP contribution is -2.21. The first-order valence-corrected chi connectivity index (χ1v) is 6.15. The van der Waals surface area contributed by atoms with Crippen molar-refractivity contribution in [1.82, 2.24) is 14.9 Å². The highest BCUT2D eigenvalue weighted by Crippen LogP contribution is 2.16. The molecule has 1 fully saturated rings. The van der Waals surface area contributed by atoms with Crippen LogP contribution in [-0.2, 0) is 17.8 Å². The van der Waals surface area contributed by atoms with Crippen molar-refractivity contribution in [3.05, 3.63) is 18.2 Å². The van der Waals surface area contributed by atoms with Gasteiger partial charge in [-0.05, 0) is 32.7 Å². The molecule has 0 radical (unpaired) electrons. The minimum absolute atomic E-state index is 0.457. The second-order valence-electron chi connectivity index (χ2n) is 4.39. The molecule has 0 aromatic carbocycles. The Hall–Kier alpha value is -0.870. The maximum Gasteiger partial charge on any atom is 0.0948 e. The third kappa shape index (κ3) is 3.06. The lowest BCUT2D eigenvalue weighted by Gasteiger charge is -2.22. The second kappa shape index (κ2) is 6.01. The van der Waals surface area contributed by atoms with Crippen LogP contribution in [0.25, 0.3) is 0 Å². The summed E-state index contributed by atoms with van der Waals surface area (Å²) in [5.41, 5.74) is 1.25. The molecule has 1 aromatic heterocycles. The summed E-state index contributed by atoms with van der Waals surface area (Å²) in [7, 11) is 1.96. The lowest BCUT2D eigenvalue weighted by atomic mass is 10.1. The molecule has 4 nitrogen and oxygen atoms in total. The van der Waals surface area contributed by atoms with Crippen molar-refractivity contribution >= 4 is 0 Å². The Morgan fingerprint density at radius 1 is 1.56 bits per heavy atom. The number of aryl methyl sites for hydroxylation is 1. The van der Waals surface area contributed by atoms with Gasteiger partial charge in [0.1, 0.15) is 0 Å². The predicted octanol–water partition coefficient (Wildman–Crippen LogP) is 1.56. The molecule has 4 heteroatoms. The van der Waals surface area contributed by atoms with Gasteiger partial charge in [-0.15, -0.1) is 0 Å². The first-order chi connectivity index (χ1) is 7.90. The smallest absolute Gasteiger partial charge is 0.0948 e. The maximum absolute atomic E-state index is 5.73. The summed E-state index contributed by atoms with van der Waals surface area (Å²) in [6.07, 6.45) is 9.17. The predicted molar refractivity (Wildman–Crippen MR) is 63.2 cm³/mol. The molecule has 0 spiro atoms. The zero-order chi connectivity index (χ0) is 11.2. The molecule has 1 aliphatic heterocycles. The normalized spacial score (nSPS) is 21.2. The molecule has 1 unspecified atom stereocenters. The lowest BCUT2D eigenvalue weighted by molar-refractivity contribution is 0.00870. The molecule has 2 rings (SSSR count). The fraction of sp³-hybridized carbons (Fsp3) is 0.750. The molecule has 2 heterocycles. The van der Waals surface area contributed by atoms with E-state index >= 15 is 0 Å². The first kappa shape index (κ1) is 11.6. The van der Waals surface area contributed by atoms with Crippen molar-refractivity contribution in [2.24, 2.45) is 0 Å². The largest absolute Gasteiger partial charge is 0.378 e. The zero-order valence-electron chi connectivity index (χ0n) is 9.98. The quantitative estimate of drug-likeness (QED) is 0.823. The van der Waals surface area contributed by atoms with Crippen molar-refractivity contribution in [2.45, 2.75) is 44.9 Å². The van der Waals surface area contributed by atoms with E-state index in [1.807, 2.05) is 19.6 Å². The van der Waals surface area contributed by atoms with Crippen LogP contribution in [0.2, 0.25) is 0 Å². The van der Waals surface area contributed by atoms with Gasteiger partial charge >= 0.3 is 0 Å². The standard InChI is InChI=1S/C12H21N3O/c1-13-8-11-9-14-10-15(11)6-5-12-4-2-3-7-16-12/h9-10,12-13H,2-8H2,1H3. The fourth-order valence-corrected chi connectivity index (χ4v) is 2.20. The van der Waals surface area contributed by atoms with E-state index in [0.717, 1.165) is 26.1 Å². The van der Waals surface area contributed by atoms with E-state index < -0.39 is 0 Å². The average Bonchev–Trinajstić information content (AvgIpc) is 2.76. The van der Waals surface area contributed by atoms with Gasteiger partial charge in [0.05, 0.1) is 18.1 Å². The van der Waals surface area contributed by atoms with Crippen LogP contribution < -0.4 is 5.32 Å². The molecule has 0 amide bonds. The van der Waals surface area contributed by atoms with Crippen LogP contribution in [0.15, 0.2) is 12.5 Å². The summed E-state index contributed by atoms with van der Waals surface area (Å²) in [6, 6.07) is 0. The van der Waals surface area contributed by atoms with Gasteiger partial charge in [-0.3, -0.25) is 0 Å². The number of aromatic nitrogens is 2. The van der Waals surface area contributed by atoms with E-state index in [-0.39, 0.29) is 0 Å². The van der Waals surface area contributed by atoms with Crippen LogP contribution >= 0.6 is 0 Å². The SMILES string of the molecule is CNCc1cncn1CCC1CCCCO1. The Morgan fingerprint density at radius 3 is 3.25 bits per heavy atom. The number of rotatable bonds is 5. The molecule has 1 N–H and O–H groups in total. The monoisotopic (exact) mass is 223 g/mol. The number of hydrogen-bond acceptors (Lipinski definition) is 3. The number of nitrogens with zero attached hydrogens (tertiary/aromatic N) is 2. The van der Waals surface area contributed by atoms with Gasteiger partial charge in [0.15, 0.2) is 0 Å². The van der Waals surface area contributed by atoms with Gasteiger partial charge in [0.25, 0.3) is 0 Å². The van der Waals surface area contributed by atoms with Crippen molar-refractivity contribution in [1.29, 1.82) is 0 Å². The van der Waals surface area contributed by atoms with E-state index in [0.29, 0.717) is 6.10 Å². The van der Waals surface area contributed by atoms with Crippen LogP contribution in [0, 0.1) is 0 Å². The van der Waals surface area contributed by atoms with Crippen LogP contribution in [0.1, 0.15) is 31.4 Å². The van der Waals surface area contributed by atoms with E-state index in [1.54, 1.807) is 0 Å². The Bertz CT molecular complexity index is 305. The van der Waals surface area contributed by atoms with Gasteiger partial charge in [-0.2, -0.15) is 0 Å². The minimum Gasteiger partial charge on any atom is -0.378 e. The zero-order valence-corrected chi connectivity index (χ0v) is 9.98. The number of nitrogens with one attached hydrogen (secondary N) is 1. The number of hydrogen-bond donors (Lipinski definition) is 1. The van der Waals surface area contributed by atoms with Crippen molar-refractivity contribution in [3.8, 4) is 0 Å². The molecule has 90 valence electrons. The number of ether oxygens (including phenoxy) is 1. The molecule has 0 saturated carbocycles. The van der Waals surface area contributed by atoms with E-state index in [2.05, 4.69) is 14.9 Å². The molecule has 0 aliphatic carbocycles. The topological polar surface area (TPSA) is 39.1 Å². The first-order valence-electron chi connectivity index (χ1n) is 6.15. The molecule has 1 saturated heterocycles. The second-order valence-corrected chi connectivity index (χ2v) is 4.39. The Balaban J connectivity index is 1.81. The summed E-state index contributed by atoms with van der Waals surface area (Å²) in [6.45, 7) is 2.84. The highest BCUT2D eigenvalue weighted by Gasteiger charge is 2.13. The Morgan fingerprint density at radius 2 is 2.50 bits per heavy atom. The van der Waals surface area contributed by atoms with Crippen LogP contribution in [0.3, 0.4) is 0 Å². The third-order valence-electron chi connectivity index (χ3n) is 3.12. The molecule has 1 aromatic rings. The highest BCUT2D eigenvalue weighted by atomic mass is 16.5. The van der Waals surface area contributed by atoms with Crippen molar-refractivity contribution < 1.29 is 4.74 Å². The maximum atomic E-state index is 5.73. The van der Waals surface area contributed by atoms with Gasteiger partial charge < -0.3 is 14.6 Å². The van der Waals surface area contributed by atoms with Gasteiger partial charge in [0.2, 0.25) is 0 Å². The molecule has 0 bridgehead atoms. The van der Waals surface area contributed by atoms with Gasteiger partial charge in [-0.1, -0.05) is 0 Å². The summed E-state index contributed by atoms with van der Waals surface area (Å²) in [4.78, 5) is 4.19. The Kier molecular flexibility index (Phi) is 4.36. The molecule has 16 heavy (non-hydrogen) atoms. The van der Waals surface area contributed by atoms with E-state index in [4.69, 9.17) is 4.74 Å². The average molecular weight is 223 g/mol.